The Bertz CT molecular complexity index is 221. The van der Waals surface area contributed by atoms with Gasteiger partial charge < -0.3 is 9.30 Å². The highest BCUT2D eigenvalue weighted by atomic mass is 16.5. The van der Waals surface area contributed by atoms with Crippen LogP contribution >= 0.6 is 0 Å². The zero-order valence-electron chi connectivity index (χ0n) is 6.89. The molecule has 0 unspecified atom stereocenters. The number of hydrogen-bond donors (Lipinski definition) is 0. The van der Waals surface area contributed by atoms with Crippen molar-refractivity contribution in [1.29, 1.82) is 0 Å². The van der Waals surface area contributed by atoms with Gasteiger partial charge in [0.1, 0.15) is 0 Å². The third kappa shape index (κ3) is 5.05. The van der Waals surface area contributed by atoms with E-state index in [0.29, 0.717) is 0 Å². The summed E-state index contributed by atoms with van der Waals surface area (Å²) >= 11 is 0. The Morgan fingerprint density at radius 2 is 1.92 bits per heavy atom. The van der Waals surface area contributed by atoms with Crippen molar-refractivity contribution in [3.05, 3.63) is 51.0 Å². The number of nitrogens with zero attached hydrogens (tertiary/aromatic N) is 2. The molecule has 0 aromatic carbocycles. The summed E-state index contributed by atoms with van der Waals surface area (Å²) in [5, 5.41) is 0. The Morgan fingerprint density at radius 3 is 2.08 bits per heavy atom. The molecule has 64 valence electrons. The normalized spacial score (nSPS) is 7.33. The molecule has 0 saturated heterocycles. The Kier molecular flexibility index (Phi) is 6.26. The quantitative estimate of drug-likeness (QED) is 0.641. The smallest absolute Gasteiger partial charge is 0.0986 e. The maximum atomic E-state index is 4.36. The van der Waals surface area contributed by atoms with Gasteiger partial charge in [-0.15, -0.1) is 0 Å². The average Bonchev–Trinajstić information content (AvgIpc) is 2.58. The standard InChI is InChI=1S/C5H6N2.C4H6O/c1-2-7-4-3-6-5-7;1-3-5-4-2/h2-5H,1H2;3-4H,1-2H2. The first kappa shape index (κ1) is 10.2. The van der Waals surface area contributed by atoms with E-state index in [4.69, 9.17) is 0 Å². The first-order chi connectivity index (χ1) is 5.85. The molecule has 0 aliphatic carbocycles. The van der Waals surface area contributed by atoms with Crippen LogP contribution in [0.25, 0.3) is 6.20 Å². The van der Waals surface area contributed by atoms with Crippen LogP contribution < -0.4 is 0 Å². The lowest BCUT2D eigenvalue weighted by atomic mass is 10.9. The second kappa shape index (κ2) is 7.34. The maximum Gasteiger partial charge on any atom is 0.0986 e. The average molecular weight is 164 g/mol. The largest absolute Gasteiger partial charge is 0.474 e. The highest BCUT2D eigenvalue weighted by Gasteiger charge is 1.73. The van der Waals surface area contributed by atoms with Gasteiger partial charge in [-0.3, -0.25) is 0 Å². The first-order valence-corrected chi connectivity index (χ1v) is 3.32. The summed E-state index contributed by atoms with van der Waals surface area (Å²) in [4.78, 5) is 3.78. The SMILES string of the molecule is C=COC=C.C=Cn1ccnc1. The van der Waals surface area contributed by atoms with Crippen LogP contribution in [0.1, 0.15) is 0 Å². The van der Waals surface area contributed by atoms with Crippen LogP contribution in [0.5, 0.6) is 0 Å². The van der Waals surface area contributed by atoms with Crippen LogP contribution in [-0.2, 0) is 4.74 Å². The molecule has 1 aromatic rings. The van der Waals surface area contributed by atoms with E-state index < -0.39 is 0 Å². The van der Waals surface area contributed by atoms with Gasteiger partial charge in [0.05, 0.1) is 18.9 Å². The summed E-state index contributed by atoms with van der Waals surface area (Å²) in [5.41, 5.74) is 0. The van der Waals surface area contributed by atoms with Gasteiger partial charge >= 0.3 is 0 Å². The van der Waals surface area contributed by atoms with E-state index in [2.05, 4.69) is 29.5 Å². The number of hydrogen-bond acceptors (Lipinski definition) is 2. The molecule has 0 aliphatic heterocycles. The minimum absolute atomic E-state index is 1.31. The monoisotopic (exact) mass is 164 g/mol. The van der Waals surface area contributed by atoms with Crippen molar-refractivity contribution in [3.63, 3.8) is 0 Å². The number of ether oxygens (including phenoxy) is 1. The zero-order valence-corrected chi connectivity index (χ0v) is 6.89. The molecule has 0 saturated carbocycles. The van der Waals surface area contributed by atoms with E-state index in [-0.39, 0.29) is 0 Å². The number of rotatable bonds is 3. The highest BCUT2D eigenvalue weighted by Crippen LogP contribution is 1.81. The first-order valence-electron chi connectivity index (χ1n) is 3.32. The molecule has 0 bridgehead atoms. The van der Waals surface area contributed by atoms with Gasteiger partial charge in [0, 0.05) is 18.6 Å². The lowest BCUT2D eigenvalue weighted by Gasteiger charge is -1.80. The van der Waals surface area contributed by atoms with Crippen molar-refractivity contribution in [2.24, 2.45) is 0 Å². The molecule has 1 aromatic heterocycles. The highest BCUT2D eigenvalue weighted by molar-refractivity contribution is 5.14. The molecule has 0 aliphatic rings. The van der Waals surface area contributed by atoms with Crippen LogP contribution in [0.15, 0.2) is 51.0 Å². The molecular formula is C9H12N2O. The van der Waals surface area contributed by atoms with E-state index in [1.165, 1.54) is 12.5 Å². The topological polar surface area (TPSA) is 27.1 Å². The Balaban J connectivity index is 0.000000217. The predicted octanol–water partition coefficient (Wildman–Crippen LogP) is 2.27. The van der Waals surface area contributed by atoms with Crippen molar-refractivity contribution in [2.45, 2.75) is 0 Å². The fourth-order valence-electron chi connectivity index (χ4n) is 0.445. The molecule has 0 amide bonds. The lowest BCUT2D eigenvalue weighted by molar-refractivity contribution is 0.406. The van der Waals surface area contributed by atoms with Crippen LogP contribution in [0.4, 0.5) is 0 Å². The summed E-state index contributed by atoms with van der Waals surface area (Å²) in [6, 6.07) is 0. The minimum atomic E-state index is 1.31. The summed E-state index contributed by atoms with van der Waals surface area (Å²) in [7, 11) is 0. The summed E-state index contributed by atoms with van der Waals surface area (Å²) in [6.45, 7) is 10.0. The van der Waals surface area contributed by atoms with Crippen LogP contribution in [0.3, 0.4) is 0 Å². The minimum Gasteiger partial charge on any atom is -0.474 e. The van der Waals surface area contributed by atoms with Gasteiger partial charge in [-0.1, -0.05) is 19.7 Å². The van der Waals surface area contributed by atoms with Crippen LogP contribution in [-0.4, -0.2) is 9.55 Å². The predicted molar refractivity (Wildman–Crippen MR) is 50.1 cm³/mol. The van der Waals surface area contributed by atoms with E-state index in [1.54, 1.807) is 23.3 Å². The third-order valence-corrected chi connectivity index (χ3v) is 0.928. The van der Waals surface area contributed by atoms with Crippen molar-refractivity contribution in [2.75, 3.05) is 0 Å². The van der Waals surface area contributed by atoms with Crippen molar-refractivity contribution in [1.82, 2.24) is 9.55 Å². The zero-order chi connectivity index (χ0) is 9.23. The van der Waals surface area contributed by atoms with Crippen LogP contribution in [0, 0.1) is 0 Å². The van der Waals surface area contributed by atoms with Gasteiger partial charge in [0.15, 0.2) is 0 Å². The Morgan fingerprint density at radius 1 is 1.25 bits per heavy atom. The molecular weight excluding hydrogens is 152 g/mol. The molecule has 0 fully saturated rings. The van der Waals surface area contributed by atoms with E-state index >= 15 is 0 Å². The van der Waals surface area contributed by atoms with Crippen molar-refractivity contribution in [3.8, 4) is 0 Å². The molecule has 0 N–H and O–H groups in total. The molecule has 1 heterocycles. The lowest BCUT2D eigenvalue weighted by Crippen LogP contribution is -1.73. The Hall–Kier alpha value is -1.77. The molecule has 12 heavy (non-hydrogen) atoms. The van der Waals surface area contributed by atoms with Crippen molar-refractivity contribution >= 4 is 6.20 Å². The van der Waals surface area contributed by atoms with E-state index in [1.807, 2.05) is 6.20 Å². The number of aromatic nitrogens is 2. The summed E-state index contributed by atoms with van der Waals surface area (Å²) < 4.78 is 6.14. The third-order valence-electron chi connectivity index (χ3n) is 0.928. The molecule has 0 radical (unpaired) electrons. The summed E-state index contributed by atoms with van der Waals surface area (Å²) in [6.07, 6.45) is 9.54. The second-order valence-corrected chi connectivity index (χ2v) is 1.66. The molecule has 3 heteroatoms. The molecule has 0 spiro atoms. The van der Waals surface area contributed by atoms with Gasteiger partial charge in [-0.05, 0) is 0 Å². The molecule has 3 nitrogen and oxygen atoms in total. The maximum absolute atomic E-state index is 4.36. The fraction of sp³-hybridized carbons (Fsp3) is 0. The molecule has 1 rings (SSSR count). The van der Waals surface area contributed by atoms with Gasteiger partial charge in [-0.2, -0.15) is 0 Å². The fourth-order valence-corrected chi connectivity index (χ4v) is 0.445. The van der Waals surface area contributed by atoms with Gasteiger partial charge in [-0.25, -0.2) is 4.98 Å². The summed E-state index contributed by atoms with van der Waals surface area (Å²) in [5.74, 6) is 0. The molecule has 0 atom stereocenters. The van der Waals surface area contributed by atoms with Gasteiger partial charge in [0.2, 0.25) is 0 Å². The van der Waals surface area contributed by atoms with Crippen molar-refractivity contribution < 1.29 is 4.74 Å². The van der Waals surface area contributed by atoms with Crippen LogP contribution in [0.2, 0.25) is 0 Å². The Labute approximate surface area is 72.3 Å². The van der Waals surface area contributed by atoms with E-state index in [0.717, 1.165) is 0 Å². The van der Waals surface area contributed by atoms with E-state index in [9.17, 15) is 0 Å². The second-order valence-electron chi connectivity index (χ2n) is 1.66. The van der Waals surface area contributed by atoms with Gasteiger partial charge in [0.25, 0.3) is 0 Å². The number of imidazole rings is 1.